The van der Waals surface area contributed by atoms with Crippen molar-refractivity contribution in [1.29, 1.82) is 0 Å². The van der Waals surface area contributed by atoms with E-state index in [-0.39, 0.29) is 5.60 Å². The summed E-state index contributed by atoms with van der Waals surface area (Å²) in [6.45, 7) is 9.46. The van der Waals surface area contributed by atoms with Gasteiger partial charge in [0.05, 0.1) is 11.7 Å². The summed E-state index contributed by atoms with van der Waals surface area (Å²) in [4.78, 5) is 0. The van der Waals surface area contributed by atoms with Crippen LogP contribution in [-0.4, -0.2) is 11.7 Å². The van der Waals surface area contributed by atoms with Crippen LogP contribution in [0.4, 0.5) is 0 Å². The van der Waals surface area contributed by atoms with Crippen LogP contribution in [0.5, 0.6) is 0 Å². The predicted molar refractivity (Wildman–Crippen MR) is 63.9 cm³/mol. The highest BCUT2D eigenvalue weighted by Gasteiger charge is 2.50. The average Bonchev–Trinajstić information content (AvgIpc) is 2.11. The largest absolute Gasteiger partial charge is 0.372 e. The fourth-order valence-corrected chi connectivity index (χ4v) is 4.21. The summed E-state index contributed by atoms with van der Waals surface area (Å²) in [5.74, 6) is 2.57. The minimum atomic E-state index is 0.200. The minimum absolute atomic E-state index is 0.200. The second-order valence-electron chi connectivity index (χ2n) is 6.19. The normalized spacial score (nSPS) is 49.6. The summed E-state index contributed by atoms with van der Waals surface area (Å²) < 4.78 is 6.32. The molecule has 0 N–H and O–H groups in total. The third-order valence-corrected chi connectivity index (χ3v) is 4.53. The Hall–Kier alpha value is -0.0400. The Bertz CT molecular complexity index is 211. The summed E-state index contributed by atoms with van der Waals surface area (Å²) in [6, 6.07) is 0. The number of rotatable bonds is 3. The van der Waals surface area contributed by atoms with Gasteiger partial charge in [-0.05, 0) is 43.9 Å². The monoisotopic (exact) mass is 210 g/mol. The molecule has 0 aromatic heterocycles. The maximum atomic E-state index is 6.32. The first-order chi connectivity index (χ1) is 7.06. The molecule has 88 valence electrons. The lowest BCUT2D eigenvalue weighted by atomic mass is 9.62. The summed E-state index contributed by atoms with van der Waals surface area (Å²) >= 11 is 0. The zero-order valence-electron chi connectivity index (χ0n) is 10.8. The van der Waals surface area contributed by atoms with Gasteiger partial charge in [-0.15, -0.1) is 0 Å². The molecule has 2 heterocycles. The fourth-order valence-electron chi connectivity index (χ4n) is 4.21. The van der Waals surface area contributed by atoms with Crippen molar-refractivity contribution in [3.63, 3.8) is 0 Å². The molecule has 1 saturated carbocycles. The van der Waals surface area contributed by atoms with Gasteiger partial charge in [-0.3, -0.25) is 0 Å². The van der Waals surface area contributed by atoms with Crippen molar-refractivity contribution in [2.24, 2.45) is 17.8 Å². The third kappa shape index (κ3) is 2.08. The molecule has 0 spiro atoms. The number of ether oxygens (including phenoxy) is 1. The van der Waals surface area contributed by atoms with Crippen LogP contribution in [0.1, 0.15) is 59.8 Å². The Kier molecular flexibility index (Phi) is 3.12. The number of hydrogen-bond acceptors (Lipinski definition) is 1. The van der Waals surface area contributed by atoms with Crippen molar-refractivity contribution >= 4 is 0 Å². The Morgan fingerprint density at radius 1 is 1.20 bits per heavy atom. The molecule has 15 heavy (non-hydrogen) atoms. The molecule has 0 radical (unpaired) electrons. The Morgan fingerprint density at radius 3 is 2.27 bits per heavy atom. The van der Waals surface area contributed by atoms with E-state index >= 15 is 0 Å². The molecule has 3 aliphatic rings. The maximum Gasteiger partial charge on any atom is 0.0663 e. The van der Waals surface area contributed by atoms with Crippen molar-refractivity contribution in [3.8, 4) is 0 Å². The summed E-state index contributed by atoms with van der Waals surface area (Å²) in [6.07, 6.45) is 7.03. The molecule has 1 heteroatoms. The van der Waals surface area contributed by atoms with E-state index in [1.54, 1.807) is 0 Å². The summed E-state index contributed by atoms with van der Waals surface area (Å²) in [7, 11) is 0. The first-order valence-corrected chi connectivity index (χ1v) is 6.73. The maximum absolute atomic E-state index is 6.32. The van der Waals surface area contributed by atoms with E-state index in [9.17, 15) is 0 Å². The van der Waals surface area contributed by atoms with Crippen LogP contribution in [0.25, 0.3) is 0 Å². The van der Waals surface area contributed by atoms with Crippen LogP contribution >= 0.6 is 0 Å². The van der Waals surface area contributed by atoms with Gasteiger partial charge in [0.15, 0.2) is 0 Å². The van der Waals surface area contributed by atoms with Crippen LogP contribution in [-0.2, 0) is 4.74 Å². The van der Waals surface area contributed by atoms with Crippen molar-refractivity contribution in [2.45, 2.75) is 71.5 Å². The zero-order chi connectivity index (χ0) is 11.1. The minimum Gasteiger partial charge on any atom is -0.372 e. The van der Waals surface area contributed by atoms with E-state index in [0.29, 0.717) is 6.10 Å². The molecular formula is C14H26O. The fraction of sp³-hybridized carbons (Fsp3) is 1.00. The third-order valence-electron chi connectivity index (χ3n) is 4.53. The Morgan fingerprint density at radius 2 is 1.80 bits per heavy atom. The van der Waals surface area contributed by atoms with Gasteiger partial charge < -0.3 is 4.74 Å². The SMILES string of the molecule is CCCCC1OC2(C)CC(C)C1C(C)C2. The van der Waals surface area contributed by atoms with Gasteiger partial charge in [0.2, 0.25) is 0 Å². The van der Waals surface area contributed by atoms with Gasteiger partial charge >= 0.3 is 0 Å². The van der Waals surface area contributed by atoms with E-state index in [4.69, 9.17) is 4.74 Å². The Balaban J connectivity index is 2.07. The molecule has 1 nitrogen and oxygen atoms in total. The first kappa shape index (κ1) is 11.4. The van der Waals surface area contributed by atoms with Crippen LogP contribution in [0, 0.1) is 17.8 Å². The highest BCUT2D eigenvalue weighted by Crippen LogP contribution is 2.51. The van der Waals surface area contributed by atoms with Crippen LogP contribution in [0.3, 0.4) is 0 Å². The van der Waals surface area contributed by atoms with Crippen LogP contribution < -0.4 is 0 Å². The number of unbranched alkanes of at least 4 members (excludes halogenated alkanes) is 1. The lowest BCUT2D eigenvalue weighted by Gasteiger charge is -2.56. The van der Waals surface area contributed by atoms with Gasteiger partial charge in [-0.25, -0.2) is 0 Å². The van der Waals surface area contributed by atoms with Gasteiger partial charge in [0.1, 0.15) is 0 Å². The molecule has 1 aliphatic carbocycles. The lowest BCUT2D eigenvalue weighted by molar-refractivity contribution is -0.225. The first-order valence-electron chi connectivity index (χ1n) is 6.73. The quantitative estimate of drug-likeness (QED) is 0.683. The van der Waals surface area contributed by atoms with Crippen molar-refractivity contribution < 1.29 is 4.74 Å². The van der Waals surface area contributed by atoms with E-state index in [2.05, 4.69) is 27.7 Å². The molecule has 0 amide bonds. The molecule has 3 fully saturated rings. The molecule has 0 aromatic rings. The second kappa shape index (κ2) is 4.08. The highest BCUT2D eigenvalue weighted by atomic mass is 16.5. The molecule has 3 unspecified atom stereocenters. The van der Waals surface area contributed by atoms with Crippen LogP contribution in [0.15, 0.2) is 0 Å². The Labute approximate surface area is 94.6 Å². The second-order valence-corrected chi connectivity index (χ2v) is 6.19. The van der Waals surface area contributed by atoms with Gasteiger partial charge in [-0.1, -0.05) is 33.6 Å². The van der Waals surface area contributed by atoms with Crippen molar-refractivity contribution in [3.05, 3.63) is 0 Å². The molecule has 3 rings (SSSR count). The van der Waals surface area contributed by atoms with E-state index in [1.165, 1.54) is 32.1 Å². The smallest absolute Gasteiger partial charge is 0.0663 e. The van der Waals surface area contributed by atoms with Crippen LogP contribution in [0.2, 0.25) is 0 Å². The molecular weight excluding hydrogens is 184 g/mol. The average molecular weight is 210 g/mol. The topological polar surface area (TPSA) is 9.23 Å². The zero-order valence-corrected chi connectivity index (χ0v) is 10.8. The summed E-state index contributed by atoms with van der Waals surface area (Å²) in [5.41, 5.74) is 0.200. The molecule has 2 saturated heterocycles. The highest BCUT2D eigenvalue weighted by molar-refractivity contribution is 4.99. The number of fused-ring (bicyclic) bond motifs is 3. The van der Waals surface area contributed by atoms with Gasteiger partial charge in [0, 0.05) is 0 Å². The van der Waals surface area contributed by atoms with E-state index in [1.807, 2.05) is 0 Å². The molecule has 3 atom stereocenters. The van der Waals surface area contributed by atoms with Crippen molar-refractivity contribution in [1.82, 2.24) is 0 Å². The predicted octanol–water partition coefficient (Wildman–Crippen LogP) is 4.02. The number of hydrogen-bond donors (Lipinski definition) is 0. The van der Waals surface area contributed by atoms with Crippen molar-refractivity contribution in [2.75, 3.05) is 0 Å². The molecule has 2 aliphatic heterocycles. The van der Waals surface area contributed by atoms with E-state index in [0.717, 1.165) is 17.8 Å². The van der Waals surface area contributed by atoms with Gasteiger partial charge in [0.25, 0.3) is 0 Å². The van der Waals surface area contributed by atoms with Gasteiger partial charge in [-0.2, -0.15) is 0 Å². The van der Waals surface area contributed by atoms with E-state index < -0.39 is 0 Å². The molecule has 2 bridgehead atoms. The standard InChI is InChI=1S/C14H26O/c1-5-6-7-12-13-10(2)8-14(4,15-12)9-11(13)3/h10-13H,5-9H2,1-4H3. The lowest BCUT2D eigenvalue weighted by Crippen LogP contribution is -2.55. The summed E-state index contributed by atoms with van der Waals surface area (Å²) in [5, 5.41) is 0. The molecule has 0 aromatic carbocycles.